The number of anilines is 2. The summed E-state index contributed by atoms with van der Waals surface area (Å²) in [5, 5.41) is 4.13. The molecular weight excluding hydrogens is 368 g/mol. The molecular formula is C21H20N6O2. The van der Waals surface area contributed by atoms with Crippen LogP contribution in [0, 0.1) is 0 Å². The van der Waals surface area contributed by atoms with Crippen LogP contribution in [0.5, 0.6) is 5.88 Å². The smallest absolute Gasteiger partial charge is 0.269 e. The summed E-state index contributed by atoms with van der Waals surface area (Å²) in [7, 11) is 5.03. The van der Waals surface area contributed by atoms with Gasteiger partial charge in [-0.25, -0.2) is 15.0 Å². The largest absolute Gasteiger partial charge is 0.481 e. The number of carbonyl (C=O) groups excluding carboxylic acids is 1. The first-order valence-corrected chi connectivity index (χ1v) is 8.99. The van der Waals surface area contributed by atoms with Crippen LogP contribution >= 0.6 is 0 Å². The van der Waals surface area contributed by atoms with E-state index in [2.05, 4.69) is 25.3 Å². The van der Waals surface area contributed by atoms with Crippen LogP contribution in [0.1, 0.15) is 10.5 Å². The van der Waals surface area contributed by atoms with Crippen molar-refractivity contribution in [3.8, 4) is 17.3 Å². The van der Waals surface area contributed by atoms with Gasteiger partial charge in [0.05, 0.1) is 18.5 Å². The number of aromatic nitrogens is 4. The molecule has 0 aliphatic heterocycles. The summed E-state index contributed by atoms with van der Waals surface area (Å²) in [6.07, 6.45) is 1.68. The molecule has 8 heteroatoms. The molecule has 0 unspecified atom stereocenters. The topological polar surface area (TPSA) is 96.0 Å². The number of amides is 1. The van der Waals surface area contributed by atoms with E-state index in [0.717, 1.165) is 16.6 Å². The Labute approximate surface area is 167 Å². The molecule has 146 valence electrons. The Morgan fingerprint density at radius 3 is 2.69 bits per heavy atom. The molecule has 0 saturated heterocycles. The standard InChI is InChI=1S/C21H20N6O2/c1-27(2)20(28)18-12-13-11-14(7-8-15(13)24-18)23-21-22-10-9-17(26-21)16-5-4-6-19(25-16)29-3/h4-12,24H,1-3H3,(H,22,23,26). The molecule has 0 atom stereocenters. The van der Waals surface area contributed by atoms with Crippen LogP contribution in [0.15, 0.2) is 54.7 Å². The van der Waals surface area contributed by atoms with Gasteiger partial charge in [0.25, 0.3) is 5.91 Å². The third-order valence-corrected chi connectivity index (χ3v) is 4.36. The Kier molecular flexibility index (Phi) is 4.82. The molecule has 2 N–H and O–H groups in total. The van der Waals surface area contributed by atoms with E-state index in [0.29, 0.717) is 28.9 Å². The molecule has 4 rings (SSSR count). The second kappa shape index (κ2) is 7.59. The first-order chi connectivity index (χ1) is 14.0. The van der Waals surface area contributed by atoms with Crippen LogP contribution < -0.4 is 10.1 Å². The summed E-state index contributed by atoms with van der Waals surface area (Å²) in [6.45, 7) is 0. The van der Waals surface area contributed by atoms with Gasteiger partial charge in [0.2, 0.25) is 11.8 Å². The van der Waals surface area contributed by atoms with E-state index < -0.39 is 0 Å². The molecule has 0 radical (unpaired) electrons. The Bertz CT molecular complexity index is 1180. The van der Waals surface area contributed by atoms with Crippen LogP contribution in [0.3, 0.4) is 0 Å². The molecule has 3 heterocycles. The number of fused-ring (bicyclic) bond motifs is 1. The molecule has 0 aliphatic rings. The van der Waals surface area contributed by atoms with Gasteiger partial charge >= 0.3 is 0 Å². The lowest BCUT2D eigenvalue weighted by atomic mass is 10.2. The molecule has 8 nitrogen and oxygen atoms in total. The van der Waals surface area contributed by atoms with E-state index in [9.17, 15) is 4.79 Å². The van der Waals surface area contributed by atoms with Gasteiger partial charge in [-0.15, -0.1) is 0 Å². The minimum atomic E-state index is -0.0717. The van der Waals surface area contributed by atoms with Crippen LogP contribution in [0.4, 0.5) is 11.6 Å². The van der Waals surface area contributed by atoms with Gasteiger partial charge in [-0.3, -0.25) is 4.79 Å². The summed E-state index contributed by atoms with van der Waals surface area (Å²) in [5.74, 6) is 0.903. The van der Waals surface area contributed by atoms with Crippen LogP contribution in [-0.4, -0.2) is 51.9 Å². The number of rotatable bonds is 5. The Hall–Kier alpha value is -3.94. The van der Waals surface area contributed by atoms with E-state index >= 15 is 0 Å². The predicted molar refractivity (Wildman–Crippen MR) is 111 cm³/mol. The molecule has 0 aliphatic carbocycles. The van der Waals surface area contributed by atoms with Gasteiger partial charge in [-0.05, 0) is 36.4 Å². The minimum Gasteiger partial charge on any atom is -0.481 e. The SMILES string of the molecule is COc1cccc(-c2ccnc(Nc3ccc4[nH]c(C(=O)N(C)C)cc4c3)n2)n1. The fraction of sp³-hybridized carbons (Fsp3) is 0.143. The number of aromatic amines is 1. The number of pyridine rings is 1. The number of H-pyrrole nitrogens is 1. The molecule has 0 bridgehead atoms. The Balaban J connectivity index is 1.60. The molecule has 3 aromatic heterocycles. The molecule has 0 fully saturated rings. The van der Waals surface area contributed by atoms with Crippen molar-refractivity contribution in [3.05, 3.63) is 60.4 Å². The average molecular weight is 388 g/mol. The zero-order valence-electron chi connectivity index (χ0n) is 16.3. The monoisotopic (exact) mass is 388 g/mol. The van der Waals surface area contributed by atoms with Gasteiger partial charge < -0.3 is 19.9 Å². The third kappa shape index (κ3) is 3.86. The fourth-order valence-electron chi connectivity index (χ4n) is 2.93. The maximum Gasteiger partial charge on any atom is 0.269 e. The van der Waals surface area contributed by atoms with E-state index in [-0.39, 0.29) is 5.91 Å². The summed E-state index contributed by atoms with van der Waals surface area (Å²) < 4.78 is 5.18. The lowest BCUT2D eigenvalue weighted by Crippen LogP contribution is -2.21. The van der Waals surface area contributed by atoms with Gasteiger partial charge in [0, 0.05) is 42.9 Å². The molecule has 0 spiro atoms. The van der Waals surface area contributed by atoms with Gasteiger partial charge in [-0.2, -0.15) is 0 Å². The van der Waals surface area contributed by atoms with E-state index in [1.807, 2.05) is 36.4 Å². The maximum atomic E-state index is 12.2. The summed E-state index contributed by atoms with van der Waals surface area (Å²) >= 11 is 0. The quantitative estimate of drug-likeness (QED) is 0.543. The van der Waals surface area contributed by atoms with Gasteiger partial charge in [0.1, 0.15) is 5.69 Å². The second-order valence-electron chi connectivity index (χ2n) is 6.64. The summed E-state index contributed by atoms with van der Waals surface area (Å²) in [6, 6.07) is 14.9. The van der Waals surface area contributed by atoms with E-state index in [1.165, 1.54) is 4.90 Å². The van der Waals surface area contributed by atoms with Crippen LogP contribution in [0.25, 0.3) is 22.3 Å². The second-order valence-corrected chi connectivity index (χ2v) is 6.64. The summed E-state index contributed by atoms with van der Waals surface area (Å²) in [4.78, 5) is 30.1. The van der Waals surface area contributed by atoms with Crippen molar-refractivity contribution in [2.45, 2.75) is 0 Å². The number of ether oxygens (including phenoxy) is 1. The Morgan fingerprint density at radius 2 is 1.90 bits per heavy atom. The van der Waals surface area contributed by atoms with Gasteiger partial charge in [-0.1, -0.05) is 6.07 Å². The minimum absolute atomic E-state index is 0.0717. The molecule has 29 heavy (non-hydrogen) atoms. The van der Waals surface area contributed by atoms with Crippen LogP contribution in [0.2, 0.25) is 0 Å². The first kappa shape index (κ1) is 18.4. The zero-order chi connectivity index (χ0) is 20.4. The number of hydrogen-bond acceptors (Lipinski definition) is 6. The maximum absolute atomic E-state index is 12.2. The van der Waals surface area contributed by atoms with E-state index in [4.69, 9.17) is 4.74 Å². The van der Waals surface area contributed by atoms with Crippen molar-refractivity contribution >= 4 is 28.4 Å². The zero-order valence-corrected chi connectivity index (χ0v) is 16.3. The Morgan fingerprint density at radius 1 is 1.07 bits per heavy atom. The number of nitrogens with zero attached hydrogens (tertiary/aromatic N) is 4. The first-order valence-electron chi connectivity index (χ1n) is 8.99. The lowest BCUT2D eigenvalue weighted by molar-refractivity contribution is 0.0823. The number of nitrogens with one attached hydrogen (secondary N) is 2. The molecule has 0 saturated carbocycles. The highest BCUT2D eigenvalue weighted by Gasteiger charge is 2.12. The lowest BCUT2D eigenvalue weighted by Gasteiger charge is -2.07. The van der Waals surface area contributed by atoms with Gasteiger partial charge in [0.15, 0.2) is 0 Å². The van der Waals surface area contributed by atoms with Crippen molar-refractivity contribution in [2.24, 2.45) is 0 Å². The van der Waals surface area contributed by atoms with Crippen molar-refractivity contribution in [3.63, 3.8) is 0 Å². The highest BCUT2D eigenvalue weighted by Crippen LogP contribution is 2.24. The normalized spacial score (nSPS) is 10.7. The van der Waals surface area contributed by atoms with Crippen molar-refractivity contribution in [1.29, 1.82) is 0 Å². The highest BCUT2D eigenvalue weighted by molar-refractivity contribution is 5.98. The molecule has 1 amide bonds. The fourth-order valence-corrected chi connectivity index (χ4v) is 2.93. The number of benzene rings is 1. The van der Waals surface area contributed by atoms with Crippen molar-refractivity contribution in [1.82, 2.24) is 24.8 Å². The third-order valence-electron chi connectivity index (χ3n) is 4.36. The summed E-state index contributed by atoms with van der Waals surface area (Å²) in [5.41, 5.74) is 3.63. The molecule has 1 aromatic carbocycles. The number of carbonyl (C=O) groups is 1. The predicted octanol–water partition coefficient (Wildman–Crippen LogP) is 3.47. The number of hydrogen-bond donors (Lipinski definition) is 2. The molecule has 4 aromatic rings. The van der Waals surface area contributed by atoms with Crippen LogP contribution in [-0.2, 0) is 0 Å². The number of methoxy groups -OCH3 is 1. The van der Waals surface area contributed by atoms with E-state index in [1.54, 1.807) is 39.5 Å². The highest BCUT2D eigenvalue weighted by atomic mass is 16.5. The van der Waals surface area contributed by atoms with Crippen molar-refractivity contribution in [2.75, 3.05) is 26.5 Å². The average Bonchev–Trinajstić information content (AvgIpc) is 3.16. The van der Waals surface area contributed by atoms with Crippen molar-refractivity contribution < 1.29 is 9.53 Å².